The maximum Gasteiger partial charge on any atom is 0.317 e. The van der Waals surface area contributed by atoms with Crippen molar-refractivity contribution in [1.82, 2.24) is 10.2 Å². The number of carboxylic acid groups (broad SMARTS) is 1. The van der Waals surface area contributed by atoms with Crippen molar-refractivity contribution in [3.63, 3.8) is 0 Å². The zero-order valence-electron chi connectivity index (χ0n) is 21.1. The molecule has 8 heteroatoms. The largest absolute Gasteiger partial charge is 0.490 e. The molecule has 0 radical (unpaired) electrons. The molecule has 1 aliphatic carbocycles. The Morgan fingerprint density at radius 2 is 1.41 bits per heavy atom. The highest BCUT2D eigenvalue weighted by atomic mass is 16.5. The number of amides is 2. The number of carboxylic acids is 1. The van der Waals surface area contributed by atoms with Gasteiger partial charge in [0.1, 0.15) is 17.6 Å². The van der Waals surface area contributed by atoms with Gasteiger partial charge in [0.2, 0.25) is 0 Å². The van der Waals surface area contributed by atoms with Crippen molar-refractivity contribution in [3.8, 4) is 11.5 Å². The lowest BCUT2D eigenvalue weighted by atomic mass is 9.87. The van der Waals surface area contributed by atoms with E-state index < -0.39 is 5.97 Å². The second-order valence-electron chi connectivity index (χ2n) is 9.83. The highest BCUT2D eigenvalue weighted by Gasteiger charge is 2.27. The SMILES string of the molecule is O=C(CCCNC(=O)N1CCC(Oc2ccccc2)CC1)c1ccc(OC2CCC(C(=O)O)CC2)cc1. The Hall–Kier alpha value is -3.55. The lowest BCUT2D eigenvalue weighted by Gasteiger charge is -2.32. The van der Waals surface area contributed by atoms with Crippen LogP contribution in [-0.2, 0) is 4.79 Å². The lowest BCUT2D eigenvalue weighted by Crippen LogP contribution is -2.46. The number of carbonyl (C=O) groups is 3. The van der Waals surface area contributed by atoms with Crippen LogP contribution < -0.4 is 14.8 Å². The first-order valence-corrected chi connectivity index (χ1v) is 13.2. The van der Waals surface area contributed by atoms with Crippen molar-refractivity contribution in [2.24, 2.45) is 5.92 Å². The van der Waals surface area contributed by atoms with Crippen molar-refractivity contribution in [1.29, 1.82) is 0 Å². The molecule has 0 atom stereocenters. The van der Waals surface area contributed by atoms with E-state index in [1.165, 1.54) is 0 Å². The summed E-state index contributed by atoms with van der Waals surface area (Å²) >= 11 is 0. The fraction of sp³-hybridized carbons (Fsp3) is 0.483. The van der Waals surface area contributed by atoms with Gasteiger partial charge in [0.05, 0.1) is 12.0 Å². The van der Waals surface area contributed by atoms with Crippen molar-refractivity contribution in [3.05, 3.63) is 60.2 Å². The third kappa shape index (κ3) is 7.97. The Morgan fingerprint density at radius 3 is 2.03 bits per heavy atom. The first-order valence-electron chi connectivity index (χ1n) is 13.2. The number of hydrogen-bond donors (Lipinski definition) is 2. The second-order valence-corrected chi connectivity index (χ2v) is 9.83. The molecule has 0 spiro atoms. The number of urea groups is 1. The van der Waals surface area contributed by atoms with Crippen molar-refractivity contribution < 1.29 is 29.0 Å². The molecule has 8 nitrogen and oxygen atoms in total. The van der Waals surface area contributed by atoms with Crippen LogP contribution in [0.15, 0.2) is 54.6 Å². The molecule has 2 aliphatic rings. The van der Waals surface area contributed by atoms with Crippen LogP contribution in [0.3, 0.4) is 0 Å². The van der Waals surface area contributed by atoms with E-state index in [1.807, 2.05) is 30.3 Å². The summed E-state index contributed by atoms with van der Waals surface area (Å²) in [5, 5.41) is 12.0. The van der Waals surface area contributed by atoms with Crippen molar-refractivity contribution >= 4 is 17.8 Å². The average Bonchev–Trinajstić information content (AvgIpc) is 2.92. The van der Waals surface area contributed by atoms with Gasteiger partial charge in [-0.25, -0.2) is 4.79 Å². The minimum atomic E-state index is -0.727. The quantitative estimate of drug-likeness (QED) is 0.348. The molecule has 1 saturated heterocycles. The van der Waals surface area contributed by atoms with Crippen LogP contribution in [0.1, 0.15) is 61.7 Å². The van der Waals surface area contributed by atoms with Gasteiger partial charge >= 0.3 is 12.0 Å². The minimum absolute atomic E-state index is 0.0166. The van der Waals surface area contributed by atoms with E-state index >= 15 is 0 Å². The van der Waals surface area contributed by atoms with Gasteiger partial charge in [-0.3, -0.25) is 9.59 Å². The fourth-order valence-electron chi connectivity index (χ4n) is 4.91. The number of ketones is 1. The molecule has 0 aromatic heterocycles. The molecule has 4 rings (SSSR count). The average molecular weight is 509 g/mol. The number of Topliss-reactive ketones (excluding diaryl/α,β-unsaturated/α-hetero) is 1. The number of aliphatic carboxylic acids is 1. The minimum Gasteiger partial charge on any atom is -0.490 e. The predicted octanol–water partition coefficient (Wildman–Crippen LogP) is 4.92. The van der Waals surface area contributed by atoms with Gasteiger partial charge in [0, 0.05) is 44.5 Å². The topological polar surface area (TPSA) is 105 Å². The number of hydrogen-bond acceptors (Lipinski definition) is 5. The summed E-state index contributed by atoms with van der Waals surface area (Å²) in [6.07, 6.45) is 5.37. The van der Waals surface area contributed by atoms with Gasteiger partial charge < -0.3 is 24.8 Å². The van der Waals surface area contributed by atoms with Crippen LogP contribution in [0.4, 0.5) is 4.79 Å². The molecule has 2 N–H and O–H groups in total. The first kappa shape index (κ1) is 26.5. The van der Waals surface area contributed by atoms with E-state index in [0.717, 1.165) is 31.4 Å². The molecule has 0 bridgehead atoms. The van der Waals surface area contributed by atoms with Gasteiger partial charge in [-0.05, 0) is 68.5 Å². The van der Waals surface area contributed by atoms with Gasteiger partial charge in [-0.2, -0.15) is 0 Å². The molecule has 2 fully saturated rings. The maximum absolute atomic E-state index is 12.5. The maximum atomic E-state index is 12.5. The summed E-state index contributed by atoms with van der Waals surface area (Å²) in [7, 11) is 0. The molecule has 1 saturated carbocycles. The van der Waals surface area contributed by atoms with E-state index in [4.69, 9.17) is 14.6 Å². The van der Waals surface area contributed by atoms with Crippen LogP contribution in [0, 0.1) is 5.92 Å². The summed E-state index contributed by atoms with van der Waals surface area (Å²) < 4.78 is 12.0. The second kappa shape index (κ2) is 13.1. The zero-order chi connectivity index (χ0) is 26.0. The third-order valence-electron chi connectivity index (χ3n) is 7.13. The fourth-order valence-corrected chi connectivity index (χ4v) is 4.91. The molecule has 2 aromatic carbocycles. The molecule has 37 heavy (non-hydrogen) atoms. The summed E-state index contributed by atoms with van der Waals surface area (Å²) in [6.45, 7) is 1.75. The lowest BCUT2D eigenvalue weighted by molar-refractivity contribution is -0.143. The van der Waals surface area contributed by atoms with Crippen LogP contribution in [0.25, 0.3) is 0 Å². The Morgan fingerprint density at radius 1 is 0.811 bits per heavy atom. The van der Waals surface area contributed by atoms with Crippen LogP contribution in [-0.4, -0.2) is 59.6 Å². The van der Waals surface area contributed by atoms with Crippen molar-refractivity contribution in [2.75, 3.05) is 19.6 Å². The van der Waals surface area contributed by atoms with Gasteiger partial charge in [0.15, 0.2) is 5.78 Å². The van der Waals surface area contributed by atoms with Crippen LogP contribution >= 0.6 is 0 Å². The van der Waals surface area contributed by atoms with Crippen molar-refractivity contribution in [2.45, 2.75) is 63.6 Å². The third-order valence-corrected chi connectivity index (χ3v) is 7.13. The number of benzene rings is 2. The Labute approximate surface area is 217 Å². The van der Waals surface area contributed by atoms with Crippen LogP contribution in [0.5, 0.6) is 11.5 Å². The van der Waals surface area contributed by atoms with Crippen LogP contribution in [0.2, 0.25) is 0 Å². The molecule has 1 heterocycles. The van der Waals surface area contributed by atoms with Gasteiger partial charge in [-0.1, -0.05) is 18.2 Å². The summed E-state index contributed by atoms with van der Waals surface area (Å²) in [6, 6.07) is 16.8. The van der Waals surface area contributed by atoms with E-state index in [1.54, 1.807) is 29.2 Å². The number of para-hydroxylation sites is 1. The highest BCUT2D eigenvalue weighted by molar-refractivity contribution is 5.96. The number of likely N-dealkylation sites (tertiary alicyclic amines) is 1. The normalized spacial score (nSPS) is 20.2. The van der Waals surface area contributed by atoms with E-state index in [-0.39, 0.29) is 29.9 Å². The number of ether oxygens (including phenoxy) is 2. The van der Waals surface area contributed by atoms with Gasteiger partial charge in [-0.15, -0.1) is 0 Å². The molecule has 2 aromatic rings. The monoisotopic (exact) mass is 508 g/mol. The predicted molar refractivity (Wildman–Crippen MR) is 139 cm³/mol. The smallest absolute Gasteiger partial charge is 0.317 e. The molecule has 2 amide bonds. The molecule has 1 aliphatic heterocycles. The molecule has 0 unspecified atom stereocenters. The molecular formula is C29H36N2O6. The number of rotatable bonds is 10. The summed E-state index contributed by atoms with van der Waals surface area (Å²) in [5.41, 5.74) is 0.619. The van der Waals surface area contributed by atoms with E-state index in [0.29, 0.717) is 56.6 Å². The Balaban J connectivity index is 1.10. The number of piperidine rings is 1. The molecular weight excluding hydrogens is 472 g/mol. The standard InChI is InChI=1S/C29H36N2O6/c32-27(21-8-12-24(13-9-21)37-25-14-10-22(11-15-25)28(33)34)7-4-18-30-29(35)31-19-16-26(17-20-31)36-23-5-2-1-3-6-23/h1-3,5-6,8-9,12-13,22,25-26H,4,7,10-11,14-20H2,(H,30,35)(H,33,34). The molecule has 198 valence electrons. The van der Waals surface area contributed by atoms with Gasteiger partial charge in [0.25, 0.3) is 0 Å². The first-order chi connectivity index (χ1) is 18.0. The number of nitrogens with one attached hydrogen (secondary N) is 1. The van der Waals surface area contributed by atoms with E-state index in [2.05, 4.69) is 5.32 Å². The zero-order valence-corrected chi connectivity index (χ0v) is 21.1. The Bertz CT molecular complexity index is 1030. The Kier molecular flexibility index (Phi) is 9.40. The highest BCUT2D eigenvalue weighted by Crippen LogP contribution is 2.28. The number of carbonyl (C=O) groups excluding carboxylic acids is 2. The summed E-state index contributed by atoms with van der Waals surface area (Å²) in [4.78, 5) is 37.9. The summed E-state index contributed by atoms with van der Waals surface area (Å²) in [5.74, 6) is 0.589. The number of nitrogens with zero attached hydrogens (tertiary/aromatic N) is 1. The van der Waals surface area contributed by atoms with E-state index in [9.17, 15) is 14.4 Å².